The first-order valence-corrected chi connectivity index (χ1v) is 5.71. The maximum atomic E-state index is 13.2. The average molecular weight is 307 g/mol. The molecule has 106 valence electrons. The van der Waals surface area contributed by atoms with E-state index >= 15 is 0 Å². The zero-order valence-electron chi connectivity index (χ0n) is 9.60. The first-order chi connectivity index (χ1) is 9.28. The summed E-state index contributed by atoms with van der Waals surface area (Å²) in [4.78, 5) is 15.5. The molecule has 0 bridgehead atoms. The molecular weight excluding hydrogens is 301 g/mol. The third kappa shape index (κ3) is 1.53. The summed E-state index contributed by atoms with van der Waals surface area (Å²) in [6.45, 7) is -0.951. The van der Waals surface area contributed by atoms with Crippen LogP contribution in [0.1, 0.15) is 5.69 Å². The number of fused-ring (bicyclic) bond motifs is 3. The molecule has 1 aliphatic rings. The quantitative estimate of drug-likeness (QED) is 0.801. The first kappa shape index (κ1) is 13.1. The van der Waals surface area contributed by atoms with Crippen molar-refractivity contribution in [3.63, 3.8) is 0 Å². The van der Waals surface area contributed by atoms with Crippen LogP contribution in [0.15, 0.2) is 12.3 Å². The van der Waals surface area contributed by atoms with E-state index in [1.807, 2.05) is 0 Å². The van der Waals surface area contributed by atoms with Gasteiger partial charge in [-0.2, -0.15) is 18.3 Å². The maximum absolute atomic E-state index is 13.2. The minimum absolute atomic E-state index is 0.0455. The van der Waals surface area contributed by atoms with Crippen molar-refractivity contribution in [2.24, 2.45) is 0 Å². The largest absolute Gasteiger partial charge is 0.424 e. The van der Waals surface area contributed by atoms with Crippen molar-refractivity contribution in [1.29, 1.82) is 0 Å². The van der Waals surface area contributed by atoms with E-state index in [4.69, 9.17) is 11.6 Å². The van der Waals surface area contributed by atoms with Gasteiger partial charge in [0.1, 0.15) is 5.69 Å². The Kier molecular flexibility index (Phi) is 2.51. The summed E-state index contributed by atoms with van der Waals surface area (Å²) >= 11 is 5.64. The maximum Gasteiger partial charge on any atom is 0.424 e. The van der Waals surface area contributed by atoms with Gasteiger partial charge in [0.25, 0.3) is 0 Å². The summed E-state index contributed by atoms with van der Waals surface area (Å²) in [5.41, 5.74) is -3.91. The molecule has 20 heavy (non-hydrogen) atoms. The molecule has 1 N–H and O–H groups in total. The standard InChI is InChI=1S/C10H6ClF3N4O2/c11-6-1-7-15-2-5-8(18(7)16-6)9(20,10(12,13)14)3-17(5)4-19/h1-2,4,20H,3H2. The number of aliphatic hydroxyl groups is 1. The lowest BCUT2D eigenvalue weighted by molar-refractivity contribution is -0.260. The monoisotopic (exact) mass is 306 g/mol. The van der Waals surface area contributed by atoms with Crippen LogP contribution in [0.2, 0.25) is 5.15 Å². The molecular formula is C10H6ClF3N4O2. The molecule has 0 spiro atoms. The predicted molar refractivity (Wildman–Crippen MR) is 61.4 cm³/mol. The molecule has 3 heterocycles. The smallest absolute Gasteiger partial charge is 0.374 e. The molecule has 0 radical (unpaired) electrons. The molecule has 0 aliphatic carbocycles. The molecule has 0 saturated carbocycles. The van der Waals surface area contributed by atoms with E-state index in [2.05, 4.69) is 10.1 Å². The van der Waals surface area contributed by atoms with Crippen molar-refractivity contribution in [2.45, 2.75) is 11.8 Å². The molecule has 1 aliphatic heterocycles. The predicted octanol–water partition coefficient (Wildman–Crippen LogP) is 1.11. The number of hydrogen-bond donors (Lipinski definition) is 1. The lowest BCUT2D eigenvalue weighted by Crippen LogP contribution is -2.46. The Morgan fingerprint density at radius 3 is 2.80 bits per heavy atom. The van der Waals surface area contributed by atoms with Gasteiger partial charge >= 0.3 is 6.18 Å². The SMILES string of the molecule is O=CN1CC(O)(C(F)(F)F)c2c1cnc1cc(Cl)nn21. The molecule has 0 saturated heterocycles. The molecule has 2 aromatic rings. The van der Waals surface area contributed by atoms with Crippen molar-refractivity contribution in [1.82, 2.24) is 14.6 Å². The van der Waals surface area contributed by atoms with Gasteiger partial charge in [-0.05, 0) is 0 Å². The first-order valence-electron chi connectivity index (χ1n) is 5.34. The Labute approximate surface area is 114 Å². The van der Waals surface area contributed by atoms with Crippen LogP contribution in [0.4, 0.5) is 18.9 Å². The summed E-state index contributed by atoms with van der Waals surface area (Å²) in [6.07, 6.45) is -3.71. The number of β-amino-alcohol motifs (C(OH)–C–C–N with tert-alkyl or cyclic N) is 1. The van der Waals surface area contributed by atoms with Crippen molar-refractivity contribution >= 4 is 29.3 Å². The van der Waals surface area contributed by atoms with Crippen molar-refractivity contribution in [3.05, 3.63) is 23.1 Å². The molecule has 1 unspecified atom stereocenters. The summed E-state index contributed by atoms with van der Waals surface area (Å²) in [5.74, 6) is 0. The number of rotatable bonds is 1. The van der Waals surface area contributed by atoms with Gasteiger partial charge in [-0.3, -0.25) is 4.79 Å². The Balaban J connectivity index is 2.38. The summed E-state index contributed by atoms with van der Waals surface area (Å²) < 4.78 is 40.3. The summed E-state index contributed by atoms with van der Waals surface area (Å²) in [5, 5.41) is 13.6. The molecule has 3 rings (SSSR count). The van der Waals surface area contributed by atoms with Gasteiger partial charge < -0.3 is 10.0 Å². The molecule has 10 heteroatoms. The van der Waals surface area contributed by atoms with Crippen LogP contribution in [0.5, 0.6) is 0 Å². The number of anilines is 1. The van der Waals surface area contributed by atoms with Gasteiger partial charge in [0, 0.05) is 6.07 Å². The van der Waals surface area contributed by atoms with E-state index in [0.29, 0.717) is 0 Å². The van der Waals surface area contributed by atoms with E-state index in [9.17, 15) is 23.1 Å². The van der Waals surface area contributed by atoms with Crippen LogP contribution in [-0.4, -0.2) is 38.8 Å². The zero-order chi connectivity index (χ0) is 14.7. The van der Waals surface area contributed by atoms with Crippen LogP contribution >= 0.6 is 11.6 Å². The second-order valence-electron chi connectivity index (χ2n) is 4.32. The Hall–Kier alpha value is -1.87. The Morgan fingerprint density at radius 2 is 2.20 bits per heavy atom. The minimum Gasteiger partial charge on any atom is -0.374 e. The topological polar surface area (TPSA) is 70.7 Å². The highest BCUT2D eigenvalue weighted by Crippen LogP contribution is 2.47. The normalized spacial score (nSPS) is 22.4. The molecule has 6 nitrogen and oxygen atoms in total. The number of halogens is 4. The third-order valence-corrected chi connectivity index (χ3v) is 3.32. The van der Waals surface area contributed by atoms with Crippen molar-refractivity contribution in [2.75, 3.05) is 11.4 Å². The number of alkyl halides is 3. The number of carbonyl (C=O) groups excluding carboxylic acids is 1. The molecule has 0 aromatic carbocycles. The molecule has 1 amide bonds. The Morgan fingerprint density at radius 1 is 1.50 bits per heavy atom. The molecule has 1 atom stereocenters. The Bertz CT molecular complexity index is 716. The van der Waals surface area contributed by atoms with Gasteiger partial charge in [0.2, 0.25) is 12.0 Å². The van der Waals surface area contributed by atoms with E-state index in [1.54, 1.807) is 0 Å². The van der Waals surface area contributed by atoms with Crippen molar-refractivity contribution < 1.29 is 23.1 Å². The van der Waals surface area contributed by atoms with Gasteiger partial charge in [-0.15, -0.1) is 0 Å². The second-order valence-corrected chi connectivity index (χ2v) is 4.71. The van der Waals surface area contributed by atoms with Gasteiger partial charge in [-0.25, -0.2) is 9.50 Å². The average Bonchev–Trinajstić information content (AvgIpc) is 2.86. The van der Waals surface area contributed by atoms with E-state index in [0.717, 1.165) is 15.6 Å². The third-order valence-electron chi connectivity index (χ3n) is 3.13. The van der Waals surface area contributed by atoms with Gasteiger partial charge in [0.15, 0.2) is 10.8 Å². The van der Waals surface area contributed by atoms with E-state index in [1.165, 1.54) is 6.07 Å². The highest BCUT2D eigenvalue weighted by Gasteiger charge is 2.62. The number of nitrogens with zero attached hydrogens (tertiary/aromatic N) is 4. The highest BCUT2D eigenvalue weighted by molar-refractivity contribution is 6.29. The van der Waals surface area contributed by atoms with Crippen LogP contribution in [-0.2, 0) is 10.4 Å². The fraction of sp³-hybridized carbons (Fsp3) is 0.300. The molecule has 0 fully saturated rings. The van der Waals surface area contributed by atoms with Crippen LogP contribution in [0.25, 0.3) is 5.65 Å². The summed E-state index contributed by atoms with van der Waals surface area (Å²) in [6, 6.07) is 1.25. The minimum atomic E-state index is -4.98. The van der Waals surface area contributed by atoms with Crippen LogP contribution < -0.4 is 4.90 Å². The lowest BCUT2D eigenvalue weighted by atomic mass is 10.0. The van der Waals surface area contributed by atoms with E-state index < -0.39 is 24.0 Å². The highest BCUT2D eigenvalue weighted by atomic mass is 35.5. The fourth-order valence-corrected chi connectivity index (χ4v) is 2.39. The molecule has 2 aromatic heterocycles. The van der Waals surface area contributed by atoms with Gasteiger partial charge in [-0.1, -0.05) is 11.6 Å². The number of carbonyl (C=O) groups is 1. The fourth-order valence-electron chi connectivity index (χ4n) is 2.22. The van der Waals surface area contributed by atoms with Gasteiger partial charge in [0.05, 0.1) is 18.4 Å². The number of amides is 1. The van der Waals surface area contributed by atoms with Crippen molar-refractivity contribution in [3.8, 4) is 0 Å². The second kappa shape index (κ2) is 3.83. The van der Waals surface area contributed by atoms with Crippen LogP contribution in [0.3, 0.4) is 0 Å². The number of hydrogen-bond acceptors (Lipinski definition) is 4. The van der Waals surface area contributed by atoms with Crippen LogP contribution in [0, 0.1) is 0 Å². The van der Waals surface area contributed by atoms with E-state index in [-0.39, 0.29) is 22.9 Å². The summed E-state index contributed by atoms with van der Waals surface area (Å²) in [7, 11) is 0. The lowest BCUT2D eigenvalue weighted by Gasteiger charge is -2.25. The number of aromatic nitrogens is 3. The zero-order valence-corrected chi connectivity index (χ0v) is 10.4.